The molecule has 0 atom stereocenters. The van der Waals surface area contributed by atoms with Crippen LogP contribution in [-0.4, -0.2) is 38.8 Å². The van der Waals surface area contributed by atoms with E-state index in [1.807, 2.05) is 43.3 Å². The van der Waals surface area contributed by atoms with Gasteiger partial charge in [0.25, 0.3) is 0 Å². The molecule has 0 aromatic heterocycles. The monoisotopic (exact) mass is 480 g/mol. The highest BCUT2D eigenvalue weighted by Crippen LogP contribution is 2.31. The lowest BCUT2D eigenvalue weighted by Crippen LogP contribution is -2.41. The molecular weight excluding hydrogens is 452 g/mol. The largest absolute Gasteiger partial charge is 0.495 e. The number of methoxy groups -OCH3 is 1. The number of nitrogens with zero attached hydrogens (tertiary/aromatic N) is 1. The maximum Gasteiger partial charge on any atom is 0.246 e. The standard InChI is InChI=1S/C26H28N2O5S/c1-19-8-13-24(32-2)25(18-19)34(30,31)28-16-14-20(15-17-28)26(29)27-21-9-11-23(12-10-21)33-22-6-4-3-5-7-22/h3-13,18,20H,14-17H2,1-2H3,(H,27,29). The Labute approximate surface area is 200 Å². The summed E-state index contributed by atoms with van der Waals surface area (Å²) >= 11 is 0. The molecule has 0 bridgehead atoms. The van der Waals surface area contributed by atoms with Crippen molar-refractivity contribution in [3.8, 4) is 17.2 Å². The summed E-state index contributed by atoms with van der Waals surface area (Å²) in [5.74, 6) is 1.37. The Kier molecular flexibility index (Phi) is 7.19. The third-order valence-electron chi connectivity index (χ3n) is 5.86. The van der Waals surface area contributed by atoms with Gasteiger partial charge >= 0.3 is 0 Å². The zero-order chi connectivity index (χ0) is 24.1. The van der Waals surface area contributed by atoms with Crippen LogP contribution in [0, 0.1) is 12.8 Å². The molecule has 7 nitrogen and oxygen atoms in total. The van der Waals surface area contributed by atoms with E-state index in [1.54, 1.807) is 36.4 Å². The number of amides is 1. The van der Waals surface area contributed by atoms with Crippen molar-refractivity contribution in [1.29, 1.82) is 0 Å². The molecular formula is C26H28N2O5S. The van der Waals surface area contributed by atoms with E-state index in [0.717, 1.165) is 11.3 Å². The summed E-state index contributed by atoms with van der Waals surface area (Å²) in [6.45, 7) is 2.40. The number of piperidine rings is 1. The first-order valence-electron chi connectivity index (χ1n) is 11.2. The molecule has 1 saturated heterocycles. The van der Waals surface area contributed by atoms with Crippen molar-refractivity contribution in [2.24, 2.45) is 5.92 Å². The molecule has 34 heavy (non-hydrogen) atoms. The van der Waals surface area contributed by atoms with Crippen molar-refractivity contribution in [1.82, 2.24) is 4.31 Å². The van der Waals surface area contributed by atoms with Crippen LogP contribution in [0.25, 0.3) is 0 Å². The Balaban J connectivity index is 1.34. The highest BCUT2D eigenvalue weighted by Gasteiger charge is 2.33. The molecule has 1 aliphatic rings. The van der Waals surface area contributed by atoms with Crippen molar-refractivity contribution >= 4 is 21.6 Å². The molecule has 4 rings (SSSR count). The number of nitrogens with one attached hydrogen (secondary N) is 1. The van der Waals surface area contributed by atoms with Crippen molar-refractivity contribution in [2.75, 3.05) is 25.5 Å². The lowest BCUT2D eigenvalue weighted by molar-refractivity contribution is -0.120. The van der Waals surface area contributed by atoms with Crippen LogP contribution in [0.2, 0.25) is 0 Å². The van der Waals surface area contributed by atoms with Crippen LogP contribution in [0.4, 0.5) is 5.69 Å². The van der Waals surface area contributed by atoms with Gasteiger partial charge in [-0.1, -0.05) is 24.3 Å². The van der Waals surface area contributed by atoms with Gasteiger partial charge in [0.2, 0.25) is 15.9 Å². The maximum atomic E-state index is 13.2. The van der Waals surface area contributed by atoms with Gasteiger partial charge in [-0.25, -0.2) is 8.42 Å². The van der Waals surface area contributed by atoms with Crippen molar-refractivity contribution in [3.63, 3.8) is 0 Å². The van der Waals surface area contributed by atoms with Crippen LogP contribution >= 0.6 is 0 Å². The van der Waals surface area contributed by atoms with Crippen LogP contribution in [0.3, 0.4) is 0 Å². The van der Waals surface area contributed by atoms with Crippen LogP contribution in [-0.2, 0) is 14.8 Å². The molecule has 0 saturated carbocycles. The van der Waals surface area contributed by atoms with Gasteiger partial charge in [0.15, 0.2) is 0 Å². The molecule has 1 amide bonds. The lowest BCUT2D eigenvalue weighted by Gasteiger charge is -2.31. The average molecular weight is 481 g/mol. The van der Waals surface area contributed by atoms with E-state index in [1.165, 1.54) is 11.4 Å². The molecule has 1 N–H and O–H groups in total. The number of benzene rings is 3. The third kappa shape index (κ3) is 5.40. The maximum absolute atomic E-state index is 13.2. The van der Waals surface area contributed by atoms with Gasteiger partial charge in [-0.15, -0.1) is 0 Å². The quantitative estimate of drug-likeness (QED) is 0.523. The number of sulfonamides is 1. The molecule has 0 radical (unpaired) electrons. The van der Waals surface area contributed by atoms with Crippen molar-refractivity contribution in [2.45, 2.75) is 24.7 Å². The van der Waals surface area contributed by atoms with Gasteiger partial charge in [0, 0.05) is 24.7 Å². The van der Waals surface area contributed by atoms with Gasteiger partial charge < -0.3 is 14.8 Å². The van der Waals surface area contributed by atoms with Crippen LogP contribution < -0.4 is 14.8 Å². The number of anilines is 1. The van der Waals surface area contributed by atoms with Gasteiger partial charge in [-0.3, -0.25) is 4.79 Å². The van der Waals surface area contributed by atoms with E-state index in [4.69, 9.17) is 9.47 Å². The summed E-state index contributed by atoms with van der Waals surface area (Å²) in [6, 6.07) is 21.8. The minimum absolute atomic E-state index is 0.109. The molecule has 0 spiro atoms. The molecule has 1 aliphatic heterocycles. The molecule has 178 valence electrons. The minimum atomic E-state index is -3.70. The zero-order valence-corrected chi connectivity index (χ0v) is 20.0. The number of hydrogen-bond acceptors (Lipinski definition) is 5. The Morgan fingerprint density at radius 3 is 2.24 bits per heavy atom. The number of carbonyl (C=O) groups excluding carboxylic acids is 1. The SMILES string of the molecule is COc1ccc(C)cc1S(=O)(=O)N1CCC(C(=O)Nc2ccc(Oc3ccccc3)cc2)CC1. The normalized spacial score (nSPS) is 15.0. The van der Waals surface area contributed by atoms with E-state index in [2.05, 4.69) is 5.32 Å². The molecule has 1 fully saturated rings. The van der Waals surface area contributed by atoms with Crippen LogP contribution in [0.5, 0.6) is 17.2 Å². The van der Waals surface area contributed by atoms with Crippen LogP contribution in [0.1, 0.15) is 18.4 Å². The highest BCUT2D eigenvalue weighted by atomic mass is 32.2. The Morgan fingerprint density at radius 2 is 1.59 bits per heavy atom. The first-order valence-corrected chi connectivity index (χ1v) is 12.6. The second kappa shape index (κ2) is 10.3. The summed E-state index contributed by atoms with van der Waals surface area (Å²) in [6.07, 6.45) is 0.906. The van der Waals surface area contributed by atoms with Gasteiger partial charge in [-0.2, -0.15) is 4.31 Å². The Morgan fingerprint density at radius 1 is 0.941 bits per heavy atom. The minimum Gasteiger partial charge on any atom is -0.495 e. The smallest absolute Gasteiger partial charge is 0.246 e. The number of rotatable bonds is 7. The fourth-order valence-corrected chi connectivity index (χ4v) is 5.67. The zero-order valence-electron chi connectivity index (χ0n) is 19.2. The molecule has 0 aliphatic carbocycles. The number of hydrogen-bond donors (Lipinski definition) is 1. The van der Waals surface area contributed by atoms with E-state index >= 15 is 0 Å². The Bertz CT molecular complexity index is 1240. The van der Waals surface area contributed by atoms with Crippen molar-refractivity contribution in [3.05, 3.63) is 78.4 Å². The molecule has 8 heteroatoms. The van der Waals surface area contributed by atoms with E-state index in [9.17, 15) is 13.2 Å². The predicted molar refractivity (Wildman–Crippen MR) is 131 cm³/mol. The fourth-order valence-electron chi connectivity index (χ4n) is 3.96. The first-order chi connectivity index (χ1) is 16.4. The molecule has 0 unspecified atom stereocenters. The topological polar surface area (TPSA) is 84.9 Å². The van der Waals surface area contributed by atoms with E-state index in [0.29, 0.717) is 30.0 Å². The molecule has 3 aromatic rings. The van der Waals surface area contributed by atoms with Gasteiger partial charge in [0.1, 0.15) is 22.1 Å². The first kappa shape index (κ1) is 23.8. The van der Waals surface area contributed by atoms with Gasteiger partial charge in [-0.05, 0) is 73.9 Å². The highest BCUT2D eigenvalue weighted by molar-refractivity contribution is 7.89. The van der Waals surface area contributed by atoms with Gasteiger partial charge in [0.05, 0.1) is 7.11 Å². The lowest BCUT2D eigenvalue weighted by atomic mass is 9.97. The molecule has 3 aromatic carbocycles. The van der Waals surface area contributed by atoms with Crippen molar-refractivity contribution < 1.29 is 22.7 Å². The fraction of sp³-hybridized carbons (Fsp3) is 0.269. The number of aryl methyl sites for hydroxylation is 1. The summed E-state index contributed by atoms with van der Waals surface area (Å²) in [7, 11) is -2.24. The number of para-hydroxylation sites is 1. The summed E-state index contributed by atoms with van der Waals surface area (Å²) in [5, 5.41) is 2.93. The number of ether oxygens (including phenoxy) is 2. The molecule has 1 heterocycles. The van der Waals surface area contributed by atoms with E-state index < -0.39 is 10.0 Å². The Hall–Kier alpha value is -3.36. The number of carbonyl (C=O) groups is 1. The van der Waals surface area contributed by atoms with E-state index in [-0.39, 0.29) is 29.8 Å². The summed E-state index contributed by atoms with van der Waals surface area (Å²) < 4.78 is 38.8. The summed E-state index contributed by atoms with van der Waals surface area (Å²) in [4.78, 5) is 12.9. The van der Waals surface area contributed by atoms with Crippen LogP contribution in [0.15, 0.2) is 77.7 Å². The average Bonchev–Trinajstić information content (AvgIpc) is 2.86. The summed E-state index contributed by atoms with van der Waals surface area (Å²) in [5.41, 5.74) is 1.51. The second-order valence-corrected chi connectivity index (χ2v) is 10.2. The second-order valence-electron chi connectivity index (χ2n) is 8.26. The predicted octanol–water partition coefficient (Wildman–Crippen LogP) is 4.84. The third-order valence-corrected chi connectivity index (χ3v) is 7.78.